The molecule has 1 aromatic rings. The zero-order chi connectivity index (χ0) is 13.1. The summed E-state index contributed by atoms with van der Waals surface area (Å²) in [6.07, 6.45) is 0.327. The van der Waals surface area contributed by atoms with Gasteiger partial charge >= 0.3 is 5.91 Å². The predicted octanol–water partition coefficient (Wildman–Crippen LogP) is 0.469. The topological polar surface area (TPSA) is 106 Å². The van der Waals surface area contributed by atoms with Gasteiger partial charge < -0.3 is 4.42 Å². The Labute approximate surface area is 107 Å². The van der Waals surface area contributed by atoms with E-state index < -0.39 is 5.91 Å². The van der Waals surface area contributed by atoms with Gasteiger partial charge in [0, 0.05) is 12.2 Å². The lowest BCUT2D eigenvalue weighted by Crippen LogP contribution is -2.37. The molecule has 1 saturated heterocycles. The van der Waals surface area contributed by atoms with Gasteiger partial charge in [0.2, 0.25) is 5.91 Å². The molecule has 1 aliphatic rings. The number of imide groups is 1. The number of hydrogen-bond donors (Lipinski definition) is 2. The summed E-state index contributed by atoms with van der Waals surface area (Å²) in [5.41, 5.74) is 1.93. The summed E-state index contributed by atoms with van der Waals surface area (Å²) >= 11 is 1.09. The Morgan fingerprint density at radius 1 is 1.50 bits per heavy atom. The summed E-state index contributed by atoms with van der Waals surface area (Å²) in [6, 6.07) is 2.97. The van der Waals surface area contributed by atoms with E-state index in [9.17, 15) is 14.4 Å². The van der Waals surface area contributed by atoms with Gasteiger partial charge in [0.25, 0.3) is 5.24 Å². The number of nitrogens with one attached hydrogen (secondary N) is 1. The van der Waals surface area contributed by atoms with Crippen molar-refractivity contribution in [3.63, 3.8) is 0 Å². The van der Waals surface area contributed by atoms with Gasteiger partial charge in [-0.1, -0.05) is 11.8 Å². The van der Waals surface area contributed by atoms with Gasteiger partial charge in [0.1, 0.15) is 5.76 Å². The first-order valence-electron chi connectivity index (χ1n) is 5.18. The summed E-state index contributed by atoms with van der Waals surface area (Å²) in [5, 5.41) is -0.299. The van der Waals surface area contributed by atoms with E-state index in [1.165, 1.54) is 12.1 Å². The lowest BCUT2D eigenvalue weighted by Gasteiger charge is -2.22. The maximum Gasteiger partial charge on any atom is 0.300 e. The van der Waals surface area contributed by atoms with Crippen LogP contribution >= 0.6 is 11.8 Å². The fourth-order valence-corrected chi connectivity index (χ4v) is 2.28. The summed E-state index contributed by atoms with van der Waals surface area (Å²) in [6.45, 7) is 0.0303. The minimum Gasteiger partial charge on any atom is -0.454 e. The monoisotopic (exact) mass is 269 g/mol. The first kappa shape index (κ1) is 12.7. The van der Waals surface area contributed by atoms with Crippen LogP contribution < -0.4 is 11.3 Å². The Hall–Kier alpha value is -1.80. The molecule has 3 N–H and O–H groups in total. The van der Waals surface area contributed by atoms with Crippen LogP contribution in [0.3, 0.4) is 0 Å². The fraction of sp³-hybridized carbons (Fsp3) is 0.300. The lowest BCUT2D eigenvalue weighted by atomic mass is 10.3. The number of carbonyl (C=O) groups excluding carboxylic acids is 3. The molecule has 0 spiro atoms. The standard InChI is InChI=1S/C10H11N3O4S/c11-12-9(15)7-2-1-6(17-7)5-13-8(14)3-4-18-10(13)16/h1-2H,3-5,11H2,(H,12,15). The van der Waals surface area contributed by atoms with Gasteiger partial charge in [-0.25, -0.2) is 5.84 Å². The molecule has 8 heteroatoms. The second kappa shape index (κ2) is 5.23. The van der Waals surface area contributed by atoms with E-state index in [2.05, 4.69) is 0 Å². The highest BCUT2D eigenvalue weighted by atomic mass is 32.2. The molecule has 0 aliphatic carbocycles. The van der Waals surface area contributed by atoms with E-state index in [0.717, 1.165) is 16.7 Å². The van der Waals surface area contributed by atoms with Crippen LogP contribution in [-0.4, -0.2) is 27.7 Å². The number of carbonyl (C=O) groups is 3. The molecule has 1 fully saturated rings. The van der Waals surface area contributed by atoms with Crippen molar-refractivity contribution in [2.45, 2.75) is 13.0 Å². The molecule has 18 heavy (non-hydrogen) atoms. The van der Waals surface area contributed by atoms with Crippen LogP contribution in [0.5, 0.6) is 0 Å². The zero-order valence-corrected chi connectivity index (χ0v) is 10.2. The van der Waals surface area contributed by atoms with Crippen molar-refractivity contribution in [3.05, 3.63) is 23.7 Å². The molecular weight excluding hydrogens is 258 g/mol. The van der Waals surface area contributed by atoms with Gasteiger partial charge in [-0.2, -0.15) is 0 Å². The molecule has 1 aliphatic heterocycles. The van der Waals surface area contributed by atoms with E-state index in [4.69, 9.17) is 10.3 Å². The number of hydrogen-bond acceptors (Lipinski definition) is 6. The number of furan rings is 1. The SMILES string of the molecule is NNC(=O)c1ccc(CN2C(=O)CCSC2=O)o1. The highest BCUT2D eigenvalue weighted by Gasteiger charge is 2.27. The van der Waals surface area contributed by atoms with Crippen LogP contribution in [-0.2, 0) is 11.3 Å². The first-order valence-corrected chi connectivity index (χ1v) is 6.17. The van der Waals surface area contributed by atoms with Crippen molar-refractivity contribution in [2.24, 2.45) is 5.84 Å². The Bertz CT molecular complexity index is 483. The number of amides is 3. The Kier molecular flexibility index (Phi) is 3.68. The minimum absolute atomic E-state index is 0.0303. The van der Waals surface area contributed by atoms with Crippen molar-refractivity contribution in [1.82, 2.24) is 10.3 Å². The summed E-state index contributed by atoms with van der Waals surface area (Å²) in [7, 11) is 0. The maximum atomic E-state index is 11.6. The summed E-state index contributed by atoms with van der Waals surface area (Å²) < 4.78 is 5.19. The molecule has 3 amide bonds. The molecule has 0 saturated carbocycles. The van der Waals surface area contributed by atoms with Crippen molar-refractivity contribution >= 4 is 28.8 Å². The van der Waals surface area contributed by atoms with E-state index >= 15 is 0 Å². The molecule has 7 nitrogen and oxygen atoms in total. The van der Waals surface area contributed by atoms with Crippen molar-refractivity contribution in [1.29, 1.82) is 0 Å². The maximum absolute atomic E-state index is 11.6. The number of nitrogens with two attached hydrogens (primary N) is 1. The second-order valence-corrected chi connectivity index (χ2v) is 4.63. The van der Waals surface area contributed by atoms with Gasteiger partial charge in [-0.3, -0.25) is 24.7 Å². The molecule has 0 unspecified atom stereocenters. The van der Waals surface area contributed by atoms with Gasteiger partial charge in [-0.05, 0) is 12.1 Å². The van der Waals surface area contributed by atoms with Crippen LogP contribution in [0.2, 0.25) is 0 Å². The molecule has 2 heterocycles. The van der Waals surface area contributed by atoms with E-state index in [-0.39, 0.29) is 23.5 Å². The average Bonchev–Trinajstić information content (AvgIpc) is 2.81. The highest BCUT2D eigenvalue weighted by molar-refractivity contribution is 8.13. The third-order valence-electron chi connectivity index (χ3n) is 2.39. The lowest BCUT2D eigenvalue weighted by molar-refractivity contribution is -0.128. The Morgan fingerprint density at radius 3 is 2.94 bits per heavy atom. The largest absolute Gasteiger partial charge is 0.454 e. The number of nitrogen functional groups attached to an aromatic ring is 1. The number of nitrogens with zero attached hydrogens (tertiary/aromatic N) is 1. The van der Waals surface area contributed by atoms with E-state index in [0.29, 0.717) is 17.9 Å². The molecule has 0 bridgehead atoms. The summed E-state index contributed by atoms with van der Waals surface area (Å²) in [5.74, 6) is 5.07. The molecule has 96 valence electrons. The number of rotatable bonds is 3. The van der Waals surface area contributed by atoms with Gasteiger partial charge in [0.05, 0.1) is 6.54 Å². The van der Waals surface area contributed by atoms with Crippen molar-refractivity contribution in [2.75, 3.05) is 5.75 Å². The van der Waals surface area contributed by atoms with Crippen LogP contribution in [0.4, 0.5) is 4.79 Å². The molecule has 1 aromatic heterocycles. The normalized spacial score (nSPS) is 15.9. The average molecular weight is 269 g/mol. The van der Waals surface area contributed by atoms with Crippen LogP contribution in [0.1, 0.15) is 22.7 Å². The van der Waals surface area contributed by atoms with Crippen LogP contribution in [0, 0.1) is 0 Å². The zero-order valence-electron chi connectivity index (χ0n) is 9.34. The minimum atomic E-state index is -0.563. The van der Waals surface area contributed by atoms with Gasteiger partial charge in [-0.15, -0.1) is 0 Å². The smallest absolute Gasteiger partial charge is 0.300 e. The second-order valence-electron chi connectivity index (χ2n) is 3.58. The quantitative estimate of drug-likeness (QED) is 0.469. The van der Waals surface area contributed by atoms with E-state index in [1.807, 2.05) is 5.43 Å². The van der Waals surface area contributed by atoms with Crippen LogP contribution in [0.15, 0.2) is 16.5 Å². The third kappa shape index (κ3) is 2.54. The number of hydrazine groups is 1. The van der Waals surface area contributed by atoms with Gasteiger partial charge in [0.15, 0.2) is 5.76 Å². The highest BCUT2D eigenvalue weighted by Crippen LogP contribution is 2.21. The summed E-state index contributed by atoms with van der Waals surface area (Å²) in [4.78, 5) is 35.4. The molecule has 0 atom stereocenters. The van der Waals surface area contributed by atoms with Crippen LogP contribution in [0.25, 0.3) is 0 Å². The molecule has 0 radical (unpaired) electrons. The predicted molar refractivity (Wildman–Crippen MR) is 63.4 cm³/mol. The Morgan fingerprint density at radius 2 is 2.28 bits per heavy atom. The fourth-order valence-electron chi connectivity index (χ4n) is 1.50. The molecular formula is C10H11N3O4S. The van der Waals surface area contributed by atoms with E-state index in [1.54, 1.807) is 0 Å². The molecule has 0 aromatic carbocycles. The third-order valence-corrected chi connectivity index (χ3v) is 3.27. The first-order chi connectivity index (χ1) is 8.61. The van der Waals surface area contributed by atoms with Crippen molar-refractivity contribution < 1.29 is 18.8 Å². The Balaban J connectivity index is 2.09. The number of thioether (sulfide) groups is 1. The molecule has 2 rings (SSSR count). The van der Waals surface area contributed by atoms with Crippen molar-refractivity contribution in [3.8, 4) is 0 Å².